The zero-order valence-electron chi connectivity index (χ0n) is 16.2. The first-order valence-electron chi connectivity index (χ1n) is 8.79. The third kappa shape index (κ3) is 5.40. The minimum atomic E-state index is -1.79. The van der Waals surface area contributed by atoms with Crippen molar-refractivity contribution in [1.29, 1.82) is 0 Å². The van der Waals surface area contributed by atoms with E-state index in [1.54, 1.807) is 20.8 Å². The second kappa shape index (κ2) is 8.22. The lowest BCUT2D eigenvalue weighted by Crippen LogP contribution is -2.55. The number of carbonyl (C=O) groups is 2. The van der Waals surface area contributed by atoms with Crippen LogP contribution in [0.25, 0.3) is 0 Å². The van der Waals surface area contributed by atoms with Gasteiger partial charge in [-0.15, -0.1) is 0 Å². The maximum Gasteiger partial charge on any atom is 0.338 e. The quantitative estimate of drug-likeness (QED) is 0.784. The number of benzene rings is 1. The number of nitrogens with zero attached hydrogens (tertiary/aromatic N) is 1. The molecule has 0 aliphatic carbocycles. The van der Waals surface area contributed by atoms with Gasteiger partial charge in [0, 0.05) is 12.6 Å². The molecule has 1 aromatic carbocycles. The number of carbonyl (C=O) groups excluding carboxylic acids is 2. The molecule has 0 saturated carbocycles. The van der Waals surface area contributed by atoms with Crippen LogP contribution in [-0.4, -0.2) is 54.0 Å². The highest BCUT2D eigenvalue weighted by molar-refractivity contribution is 6.01. The maximum atomic E-state index is 13.8. The van der Waals surface area contributed by atoms with Gasteiger partial charge in [-0.2, -0.15) is 0 Å². The monoisotopic (exact) mass is 383 g/mol. The summed E-state index contributed by atoms with van der Waals surface area (Å²) >= 11 is 0. The summed E-state index contributed by atoms with van der Waals surface area (Å²) in [5.41, 5.74) is -0.602. The van der Waals surface area contributed by atoms with E-state index in [4.69, 9.17) is 14.2 Å². The summed E-state index contributed by atoms with van der Waals surface area (Å²) in [6.07, 6.45) is -3.42. The Morgan fingerprint density at radius 1 is 1.37 bits per heavy atom. The zero-order chi connectivity index (χ0) is 20.4. The summed E-state index contributed by atoms with van der Waals surface area (Å²) in [4.78, 5) is 26.2. The number of hydrogen-bond donors (Lipinski definition) is 1. The van der Waals surface area contributed by atoms with E-state index in [-0.39, 0.29) is 24.9 Å². The summed E-state index contributed by atoms with van der Waals surface area (Å²) in [5.74, 6) is -1.84. The number of esters is 1. The normalized spacial score (nSPS) is 19.2. The topological polar surface area (TPSA) is 85.3 Å². The summed E-state index contributed by atoms with van der Waals surface area (Å²) < 4.78 is 29.9. The van der Waals surface area contributed by atoms with E-state index in [0.717, 1.165) is 0 Å². The number of ether oxygens (including phenoxy) is 3. The predicted molar refractivity (Wildman–Crippen MR) is 96.1 cm³/mol. The molecule has 0 bridgehead atoms. The highest BCUT2D eigenvalue weighted by Crippen LogP contribution is 2.32. The summed E-state index contributed by atoms with van der Waals surface area (Å²) in [7, 11) is 0. The number of rotatable bonds is 5. The highest BCUT2D eigenvalue weighted by atomic mass is 19.1. The lowest BCUT2D eigenvalue weighted by molar-refractivity contribution is -0.177. The molecule has 7 nitrogen and oxygen atoms in total. The second-order valence-corrected chi connectivity index (χ2v) is 7.54. The first kappa shape index (κ1) is 21.1. The van der Waals surface area contributed by atoms with Crippen LogP contribution < -0.4 is 9.64 Å². The third-order valence-electron chi connectivity index (χ3n) is 3.63. The van der Waals surface area contributed by atoms with Crippen molar-refractivity contribution in [3.8, 4) is 5.75 Å². The van der Waals surface area contributed by atoms with E-state index in [9.17, 15) is 19.1 Å². The number of amides is 1. The molecule has 8 heteroatoms. The molecule has 1 heterocycles. The van der Waals surface area contributed by atoms with Gasteiger partial charge in [0.15, 0.2) is 12.2 Å². The van der Waals surface area contributed by atoms with Crippen LogP contribution in [0.4, 0.5) is 10.1 Å². The Bertz CT molecular complexity index is 700. The van der Waals surface area contributed by atoms with Crippen LogP contribution in [-0.2, 0) is 19.1 Å². The fraction of sp³-hybridized carbons (Fsp3) is 0.579. The molecule has 0 spiro atoms. The third-order valence-corrected chi connectivity index (χ3v) is 3.63. The van der Waals surface area contributed by atoms with Gasteiger partial charge in [0.2, 0.25) is 0 Å². The minimum Gasteiger partial charge on any atom is -0.489 e. The molecule has 1 aliphatic rings. The van der Waals surface area contributed by atoms with Gasteiger partial charge < -0.3 is 24.2 Å². The van der Waals surface area contributed by atoms with E-state index >= 15 is 0 Å². The lowest BCUT2D eigenvalue weighted by atomic mass is 10.1. The molecule has 1 N–H and O–H groups in total. The Labute approximate surface area is 158 Å². The predicted octanol–water partition coefficient (Wildman–Crippen LogP) is 2.05. The van der Waals surface area contributed by atoms with Gasteiger partial charge in [0.05, 0.1) is 18.4 Å². The summed E-state index contributed by atoms with van der Waals surface area (Å²) in [6.45, 7) is 8.76. The number of anilines is 1. The van der Waals surface area contributed by atoms with Crippen molar-refractivity contribution in [2.24, 2.45) is 0 Å². The van der Waals surface area contributed by atoms with Crippen molar-refractivity contribution in [2.45, 2.75) is 58.5 Å². The molecular weight excluding hydrogens is 357 g/mol. The van der Waals surface area contributed by atoms with Crippen LogP contribution in [0.5, 0.6) is 5.75 Å². The van der Waals surface area contributed by atoms with Gasteiger partial charge in [0.1, 0.15) is 17.2 Å². The van der Waals surface area contributed by atoms with Crippen LogP contribution in [0.15, 0.2) is 18.2 Å². The smallest absolute Gasteiger partial charge is 0.338 e. The van der Waals surface area contributed by atoms with Gasteiger partial charge in [-0.25, -0.2) is 9.18 Å². The Balaban J connectivity index is 2.27. The van der Waals surface area contributed by atoms with Crippen molar-refractivity contribution in [2.75, 3.05) is 18.1 Å². The Morgan fingerprint density at radius 2 is 2.04 bits per heavy atom. The van der Waals surface area contributed by atoms with E-state index in [0.29, 0.717) is 5.75 Å². The molecule has 1 fully saturated rings. The summed E-state index contributed by atoms with van der Waals surface area (Å²) in [6, 6.07) is 3.85. The number of morpholine rings is 1. The van der Waals surface area contributed by atoms with Crippen LogP contribution in [0.1, 0.15) is 34.6 Å². The van der Waals surface area contributed by atoms with E-state index in [1.165, 1.54) is 23.1 Å². The fourth-order valence-corrected chi connectivity index (χ4v) is 2.61. The molecule has 27 heavy (non-hydrogen) atoms. The van der Waals surface area contributed by atoms with Gasteiger partial charge in [-0.1, -0.05) is 0 Å². The maximum absolute atomic E-state index is 13.8. The van der Waals surface area contributed by atoms with Gasteiger partial charge in [0.25, 0.3) is 5.91 Å². The van der Waals surface area contributed by atoms with Crippen LogP contribution in [0.3, 0.4) is 0 Å². The van der Waals surface area contributed by atoms with Crippen molar-refractivity contribution < 1.29 is 33.3 Å². The number of aliphatic hydroxyl groups is 1. The molecule has 2 rings (SSSR count). The van der Waals surface area contributed by atoms with E-state index in [1.807, 2.05) is 13.8 Å². The lowest BCUT2D eigenvalue weighted by Gasteiger charge is -2.35. The SMILES string of the molecule is CC(C)Oc1ccc(F)cc1N1CCO[C@H]([C@@H](O)C(=O)OC(C)(C)C)C1=O. The molecule has 2 atom stereocenters. The zero-order valence-corrected chi connectivity index (χ0v) is 16.2. The second-order valence-electron chi connectivity index (χ2n) is 7.54. The largest absolute Gasteiger partial charge is 0.489 e. The van der Waals surface area contributed by atoms with E-state index < -0.39 is 35.5 Å². The molecule has 0 unspecified atom stereocenters. The van der Waals surface area contributed by atoms with Crippen LogP contribution in [0.2, 0.25) is 0 Å². The molecular formula is C19H26FNO6. The molecule has 1 aliphatic heterocycles. The highest BCUT2D eigenvalue weighted by Gasteiger charge is 2.41. The van der Waals surface area contributed by atoms with E-state index in [2.05, 4.69) is 0 Å². The standard InChI is InChI=1S/C19H26FNO6/c1-11(2)26-14-7-6-12(20)10-13(14)21-8-9-25-16(17(21)23)15(22)18(24)27-19(3,4)5/h6-7,10-11,15-16,22H,8-9H2,1-5H3/t15-,16-/m1/s1. The van der Waals surface area contributed by atoms with Crippen LogP contribution >= 0.6 is 0 Å². The van der Waals surface area contributed by atoms with Gasteiger partial charge >= 0.3 is 5.97 Å². The van der Waals surface area contributed by atoms with Crippen molar-refractivity contribution in [3.05, 3.63) is 24.0 Å². The first-order chi connectivity index (χ1) is 12.5. The van der Waals surface area contributed by atoms with Gasteiger partial charge in [-0.3, -0.25) is 4.79 Å². The molecule has 1 aromatic rings. The number of hydrogen-bond acceptors (Lipinski definition) is 6. The Hall–Kier alpha value is -2.19. The van der Waals surface area contributed by atoms with Crippen molar-refractivity contribution in [1.82, 2.24) is 0 Å². The van der Waals surface area contributed by atoms with Crippen LogP contribution in [0, 0.1) is 5.82 Å². The molecule has 0 aromatic heterocycles. The molecule has 1 amide bonds. The average molecular weight is 383 g/mol. The van der Waals surface area contributed by atoms with Crippen molar-refractivity contribution in [3.63, 3.8) is 0 Å². The van der Waals surface area contributed by atoms with Crippen molar-refractivity contribution >= 4 is 17.6 Å². The molecule has 1 saturated heterocycles. The number of halogens is 1. The fourth-order valence-electron chi connectivity index (χ4n) is 2.61. The first-order valence-corrected chi connectivity index (χ1v) is 8.79. The summed E-state index contributed by atoms with van der Waals surface area (Å²) in [5, 5.41) is 10.3. The Morgan fingerprint density at radius 3 is 2.63 bits per heavy atom. The van der Waals surface area contributed by atoms with Gasteiger partial charge in [-0.05, 0) is 46.8 Å². The average Bonchev–Trinajstić information content (AvgIpc) is 2.54. The minimum absolute atomic E-state index is 0.0634. The Kier molecular flexibility index (Phi) is 6.43. The number of aliphatic hydroxyl groups excluding tert-OH is 1. The molecule has 150 valence electrons. The molecule has 0 radical (unpaired) electrons.